The Kier molecular flexibility index (Phi) is 13.0. The average Bonchev–Trinajstić information content (AvgIpc) is 3.43. The molecule has 10 heteroatoms. The van der Waals surface area contributed by atoms with Crippen LogP contribution < -0.4 is 11.1 Å². The highest BCUT2D eigenvalue weighted by molar-refractivity contribution is 5.88. The maximum atomic E-state index is 15.2. The van der Waals surface area contributed by atoms with E-state index in [0.717, 1.165) is 38.8 Å². The van der Waals surface area contributed by atoms with Crippen LogP contribution in [0.5, 0.6) is 0 Å². The number of fused-ring (bicyclic) bond motifs is 2. The van der Waals surface area contributed by atoms with Crippen molar-refractivity contribution in [2.75, 3.05) is 27.3 Å². The summed E-state index contributed by atoms with van der Waals surface area (Å²) in [6.45, 7) is 20.0. The number of cyclic esters (lactones) is 1. The van der Waals surface area contributed by atoms with Crippen LogP contribution in [0.3, 0.4) is 0 Å². The number of rotatable bonds is 7. The van der Waals surface area contributed by atoms with Gasteiger partial charge in [-0.1, -0.05) is 41.5 Å². The monoisotopic (exact) mass is 707 g/mol. The van der Waals surface area contributed by atoms with Gasteiger partial charge in [-0.05, 0) is 102 Å². The van der Waals surface area contributed by atoms with Crippen LogP contribution in [0, 0.1) is 52.3 Å². The minimum absolute atomic E-state index is 0.0437. The highest BCUT2D eigenvalue weighted by Gasteiger charge is 2.62. The Morgan fingerprint density at radius 1 is 1.02 bits per heavy atom. The Bertz CT molecular complexity index is 1210. The number of aliphatic hydroxyl groups is 1. The third-order valence-corrected chi connectivity index (χ3v) is 14.5. The van der Waals surface area contributed by atoms with Crippen molar-refractivity contribution in [3.63, 3.8) is 0 Å². The highest BCUT2D eigenvalue weighted by Crippen LogP contribution is 2.61. The third kappa shape index (κ3) is 7.57. The zero-order chi connectivity index (χ0) is 37.4. The van der Waals surface area contributed by atoms with Gasteiger partial charge in [-0.3, -0.25) is 14.4 Å². The van der Waals surface area contributed by atoms with Crippen LogP contribution in [0.1, 0.15) is 120 Å². The number of nitrogens with one attached hydrogen (secondary N) is 1. The summed E-state index contributed by atoms with van der Waals surface area (Å²) in [5, 5.41) is 14.6. The number of aliphatic hydroxyl groups excluding tert-OH is 1. The summed E-state index contributed by atoms with van der Waals surface area (Å²) >= 11 is 0. The summed E-state index contributed by atoms with van der Waals surface area (Å²) < 4.78 is 25.3. The van der Waals surface area contributed by atoms with E-state index in [-0.39, 0.29) is 53.7 Å². The number of carbonyl (C=O) groups excluding carboxylic acids is 3. The van der Waals surface area contributed by atoms with Crippen molar-refractivity contribution in [1.29, 1.82) is 0 Å². The zero-order valence-corrected chi connectivity index (χ0v) is 33.0. The standard InChI is InChI=1S/C40H70N2O8/c1-12-31-38(8,21-32(41)43)29-15-16-40(26(29)5,28-14-13-17-42-22-28)34(44)24(3)19-37(7,47-10)18-23(2)33(25(4)36(46)50-31)30-20-39(9,48-11)35(45)27(6)49-30/h23-31,33,35,42,45H,12-22H2,1-11H3,(H2,41,43)/t23-,24-,25-,26-,27+,28?,29-,30?,31-,33+,35+,37+,38+,39-,40?/m1/s1. The number of amides is 1. The Morgan fingerprint density at radius 3 is 2.26 bits per heavy atom. The smallest absolute Gasteiger partial charge is 0.309 e. The SMILES string of the molecule is CC[C@H]1OC(=O)[C@H](C)[C@@H](C2C[C@@](C)(OC)[C@@H](O)[C@H](C)O2)[C@H](C)C[C@](C)(OC)C[C@@H](C)C(=O)C2(C3CCCNC3)CC[C@H]([C@H]2C)[C@]1(C)CC(N)=O. The fraction of sp³-hybridized carbons (Fsp3) is 0.925. The third-order valence-electron chi connectivity index (χ3n) is 14.5. The molecule has 2 bridgehead atoms. The zero-order valence-electron chi connectivity index (χ0n) is 33.0. The summed E-state index contributed by atoms with van der Waals surface area (Å²) in [7, 11) is 3.32. The maximum absolute atomic E-state index is 15.2. The molecule has 3 unspecified atom stereocenters. The minimum atomic E-state index is -0.863. The van der Waals surface area contributed by atoms with Crippen molar-refractivity contribution >= 4 is 17.7 Å². The van der Waals surface area contributed by atoms with Gasteiger partial charge < -0.3 is 35.1 Å². The molecular formula is C40H70N2O8. The Labute approximate surface area is 302 Å². The van der Waals surface area contributed by atoms with Crippen LogP contribution in [0.15, 0.2) is 0 Å². The van der Waals surface area contributed by atoms with Gasteiger partial charge >= 0.3 is 5.97 Å². The number of ketones is 1. The lowest BCUT2D eigenvalue weighted by Crippen LogP contribution is -2.58. The second kappa shape index (κ2) is 15.8. The van der Waals surface area contributed by atoms with E-state index < -0.39 is 58.3 Å². The number of hydrogen-bond acceptors (Lipinski definition) is 9. The Balaban J connectivity index is 1.87. The highest BCUT2D eigenvalue weighted by atomic mass is 16.6. The van der Waals surface area contributed by atoms with Gasteiger partial charge in [-0.15, -0.1) is 0 Å². The van der Waals surface area contributed by atoms with Gasteiger partial charge in [0.2, 0.25) is 5.91 Å². The number of nitrogens with two attached hydrogens (primary N) is 1. The molecule has 4 rings (SSSR count). The first-order valence-electron chi connectivity index (χ1n) is 19.5. The number of primary amides is 1. The molecule has 1 saturated carbocycles. The van der Waals surface area contributed by atoms with E-state index in [0.29, 0.717) is 25.7 Å². The van der Waals surface area contributed by atoms with E-state index >= 15 is 4.79 Å². The molecular weight excluding hydrogens is 636 g/mol. The predicted molar refractivity (Wildman–Crippen MR) is 193 cm³/mol. The van der Waals surface area contributed by atoms with Gasteiger partial charge in [0.15, 0.2) is 0 Å². The summed E-state index contributed by atoms with van der Waals surface area (Å²) in [6, 6.07) is 0. The molecule has 0 aromatic heterocycles. The Hall–Kier alpha value is -1.59. The summed E-state index contributed by atoms with van der Waals surface area (Å²) in [6.07, 6.45) is 3.29. The van der Waals surface area contributed by atoms with Gasteiger partial charge in [0.1, 0.15) is 18.0 Å². The first-order valence-corrected chi connectivity index (χ1v) is 19.5. The number of methoxy groups -OCH3 is 2. The van der Waals surface area contributed by atoms with Gasteiger partial charge in [0, 0.05) is 49.7 Å². The fourth-order valence-electron chi connectivity index (χ4n) is 11.8. The molecule has 288 valence electrons. The first-order chi connectivity index (χ1) is 23.3. The molecule has 15 atom stereocenters. The summed E-state index contributed by atoms with van der Waals surface area (Å²) in [5.74, 6) is -1.65. The van der Waals surface area contributed by atoms with Crippen molar-refractivity contribution in [2.24, 2.45) is 58.0 Å². The molecule has 4 N–H and O–H groups in total. The number of piperidine rings is 1. The van der Waals surface area contributed by atoms with Gasteiger partial charge in [0.05, 0.1) is 29.3 Å². The largest absolute Gasteiger partial charge is 0.462 e. The lowest BCUT2D eigenvalue weighted by molar-refractivity contribution is -0.233. The first kappa shape index (κ1) is 41.2. The number of carbonyl (C=O) groups is 3. The summed E-state index contributed by atoms with van der Waals surface area (Å²) in [5.41, 5.74) is 3.14. The van der Waals surface area contributed by atoms with Crippen LogP contribution in [-0.2, 0) is 33.3 Å². The van der Waals surface area contributed by atoms with Crippen molar-refractivity contribution < 1.29 is 38.4 Å². The molecule has 0 aromatic carbocycles. The Morgan fingerprint density at radius 2 is 1.70 bits per heavy atom. The van der Waals surface area contributed by atoms with Crippen LogP contribution >= 0.6 is 0 Å². The molecule has 3 heterocycles. The second-order valence-corrected chi connectivity index (χ2v) is 17.7. The lowest BCUT2D eigenvalue weighted by Gasteiger charge is -2.49. The van der Waals surface area contributed by atoms with Crippen LogP contribution in [0.25, 0.3) is 0 Å². The normalized spacial score (nSPS) is 48.4. The predicted octanol–water partition coefficient (Wildman–Crippen LogP) is 5.46. The second-order valence-electron chi connectivity index (χ2n) is 17.7. The molecule has 1 aliphatic carbocycles. The van der Waals surface area contributed by atoms with E-state index in [2.05, 4.69) is 39.9 Å². The molecule has 0 radical (unpaired) electrons. The van der Waals surface area contributed by atoms with E-state index in [1.54, 1.807) is 14.2 Å². The number of esters is 1. The number of ether oxygens (including phenoxy) is 4. The van der Waals surface area contributed by atoms with E-state index in [4.69, 9.17) is 24.7 Å². The molecule has 4 aliphatic rings. The average molecular weight is 707 g/mol. The molecule has 3 aliphatic heterocycles. The molecule has 4 fully saturated rings. The van der Waals surface area contributed by atoms with Gasteiger partial charge in [0.25, 0.3) is 0 Å². The van der Waals surface area contributed by atoms with Crippen molar-refractivity contribution in [3.8, 4) is 0 Å². The quantitative estimate of drug-likeness (QED) is 0.294. The molecule has 0 spiro atoms. The van der Waals surface area contributed by atoms with Crippen molar-refractivity contribution in [2.45, 2.75) is 156 Å². The van der Waals surface area contributed by atoms with Gasteiger partial charge in [-0.25, -0.2) is 0 Å². The van der Waals surface area contributed by atoms with E-state index in [9.17, 15) is 14.7 Å². The van der Waals surface area contributed by atoms with Gasteiger partial charge in [-0.2, -0.15) is 0 Å². The van der Waals surface area contributed by atoms with Crippen LogP contribution in [0.4, 0.5) is 0 Å². The fourth-order valence-corrected chi connectivity index (χ4v) is 11.8. The van der Waals surface area contributed by atoms with E-state index in [1.807, 2.05) is 27.7 Å². The lowest BCUT2D eigenvalue weighted by atomic mass is 9.56. The molecule has 50 heavy (non-hydrogen) atoms. The molecule has 3 saturated heterocycles. The minimum Gasteiger partial charge on any atom is -0.462 e. The van der Waals surface area contributed by atoms with Crippen molar-refractivity contribution in [3.05, 3.63) is 0 Å². The molecule has 10 nitrogen and oxygen atoms in total. The van der Waals surface area contributed by atoms with Crippen LogP contribution in [0.2, 0.25) is 0 Å². The topological polar surface area (TPSA) is 146 Å². The summed E-state index contributed by atoms with van der Waals surface area (Å²) in [4.78, 5) is 42.6. The maximum Gasteiger partial charge on any atom is 0.309 e. The number of hydrogen-bond donors (Lipinski definition) is 3. The van der Waals surface area contributed by atoms with Crippen molar-refractivity contribution in [1.82, 2.24) is 5.32 Å². The van der Waals surface area contributed by atoms with Crippen LogP contribution in [-0.4, -0.2) is 85.7 Å². The van der Waals surface area contributed by atoms with E-state index in [1.165, 1.54) is 0 Å². The molecule has 0 aromatic rings. The molecule has 1 amide bonds. The number of Topliss-reactive ketones (excluding diaryl/α,β-unsaturated/α-hetero) is 1.